The summed E-state index contributed by atoms with van der Waals surface area (Å²) in [5.74, 6) is -2.12. The maximum Gasteiger partial charge on any atom is 0.357 e. The average molecular weight is 577 g/mol. The molecule has 0 aliphatic rings. The van der Waals surface area contributed by atoms with Crippen molar-refractivity contribution in [2.75, 3.05) is 5.32 Å². The molecular weight excluding hydrogens is 558 g/mol. The Hall–Kier alpha value is -3.28. The van der Waals surface area contributed by atoms with Crippen LogP contribution in [0.15, 0.2) is 53.0 Å². The highest BCUT2D eigenvalue weighted by Gasteiger charge is 2.29. The molecule has 4 aromatic rings. The maximum atomic E-state index is 13.0. The lowest BCUT2D eigenvalue weighted by atomic mass is 10.1. The van der Waals surface area contributed by atoms with Crippen molar-refractivity contribution in [3.05, 3.63) is 74.3 Å². The number of aromatic carboxylic acids is 1. The van der Waals surface area contributed by atoms with Crippen molar-refractivity contribution in [3.8, 4) is 0 Å². The highest BCUT2D eigenvalue weighted by atomic mass is 79.9. The number of carboxylic acids is 1. The Morgan fingerprint density at radius 2 is 1.89 bits per heavy atom. The van der Waals surface area contributed by atoms with Crippen LogP contribution in [0.1, 0.15) is 51.2 Å². The van der Waals surface area contributed by atoms with Crippen LogP contribution < -0.4 is 11.1 Å². The van der Waals surface area contributed by atoms with Gasteiger partial charge in [0.1, 0.15) is 16.9 Å². The molecule has 0 radical (unpaired) electrons. The number of anilines is 1. The van der Waals surface area contributed by atoms with Crippen LogP contribution in [0.25, 0.3) is 10.2 Å². The van der Waals surface area contributed by atoms with E-state index >= 15 is 0 Å². The number of hydrogen-bond acceptors (Lipinski definition) is 6. The minimum Gasteiger partial charge on any atom is -0.476 e. The fraction of sp³-hybridized carbons (Fsp3) is 0.174. The number of carboxylic acid groups (broad SMARTS) is 1. The van der Waals surface area contributed by atoms with E-state index in [1.54, 1.807) is 24.3 Å². The number of halogens is 2. The van der Waals surface area contributed by atoms with E-state index in [0.29, 0.717) is 17.8 Å². The van der Waals surface area contributed by atoms with Crippen LogP contribution in [0, 0.1) is 0 Å². The van der Waals surface area contributed by atoms with Gasteiger partial charge >= 0.3 is 5.97 Å². The number of nitrogens with two attached hydrogens (primary N) is 1. The summed E-state index contributed by atoms with van der Waals surface area (Å²) in [7, 11) is 0. The summed E-state index contributed by atoms with van der Waals surface area (Å²) in [6.45, 7) is 0. The van der Waals surface area contributed by atoms with Gasteiger partial charge in [0.05, 0.1) is 25.3 Å². The van der Waals surface area contributed by atoms with Crippen molar-refractivity contribution in [1.82, 2.24) is 14.8 Å². The van der Waals surface area contributed by atoms with Gasteiger partial charge in [-0.2, -0.15) is 5.10 Å². The van der Waals surface area contributed by atoms with E-state index in [1.807, 2.05) is 24.3 Å². The third-order valence-electron chi connectivity index (χ3n) is 5.20. The van der Waals surface area contributed by atoms with Crippen LogP contribution in [0.3, 0.4) is 0 Å². The summed E-state index contributed by atoms with van der Waals surface area (Å²) < 4.78 is 2.46. The molecule has 0 fully saturated rings. The zero-order valence-corrected chi connectivity index (χ0v) is 21.2. The van der Waals surface area contributed by atoms with Gasteiger partial charge in [0.25, 0.3) is 5.91 Å². The fourth-order valence-corrected chi connectivity index (χ4v) is 5.40. The smallest absolute Gasteiger partial charge is 0.357 e. The second-order valence-electron chi connectivity index (χ2n) is 7.59. The van der Waals surface area contributed by atoms with Crippen LogP contribution >= 0.6 is 38.9 Å². The van der Waals surface area contributed by atoms with Crippen LogP contribution in [0.2, 0.25) is 5.02 Å². The molecule has 2 aromatic carbocycles. The molecule has 35 heavy (non-hydrogen) atoms. The summed E-state index contributed by atoms with van der Waals surface area (Å²) in [6, 6.07) is 13.5. The van der Waals surface area contributed by atoms with Crippen molar-refractivity contribution in [1.29, 1.82) is 0 Å². The summed E-state index contributed by atoms with van der Waals surface area (Å²) in [4.78, 5) is 41.0. The topological polar surface area (TPSA) is 140 Å². The number of fused-ring (bicyclic) bond motifs is 1. The van der Waals surface area contributed by atoms with Gasteiger partial charge in [-0.15, -0.1) is 11.3 Å². The first-order valence-corrected chi connectivity index (χ1v) is 12.5. The quantitative estimate of drug-likeness (QED) is 0.253. The Labute approximate surface area is 217 Å². The van der Waals surface area contributed by atoms with E-state index in [0.717, 1.165) is 10.2 Å². The molecule has 0 spiro atoms. The number of benzene rings is 2. The van der Waals surface area contributed by atoms with E-state index in [1.165, 1.54) is 16.0 Å². The molecule has 2 amide bonds. The molecule has 2 aromatic heterocycles. The largest absolute Gasteiger partial charge is 0.476 e. The summed E-state index contributed by atoms with van der Waals surface area (Å²) >= 11 is 10.9. The van der Waals surface area contributed by atoms with Crippen molar-refractivity contribution < 1.29 is 19.5 Å². The first-order chi connectivity index (χ1) is 16.8. The Morgan fingerprint density at radius 3 is 2.57 bits per heavy atom. The Kier molecular flexibility index (Phi) is 7.48. The van der Waals surface area contributed by atoms with Gasteiger partial charge in [-0.3, -0.25) is 9.59 Å². The van der Waals surface area contributed by atoms with Gasteiger partial charge in [0.2, 0.25) is 5.91 Å². The molecule has 1 unspecified atom stereocenters. The lowest BCUT2D eigenvalue weighted by molar-refractivity contribution is -0.118. The third-order valence-corrected chi connectivity index (χ3v) is 7.42. The molecule has 0 aliphatic carbocycles. The first kappa shape index (κ1) is 24.8. The van der Waals surface area contributed by atoms with E-state index < -0.39 is 23.8 Å². The number of carbonyl (C=O) groups is 3. The number of para-hydroxylation sites is 1. The number of nitrogens with zero attached hydrogens (tertiary/aromatic N) is 3. The van der Waals surface area contributed by atoms with Gasteiger partial charge in [-0.05, 0) is 53.0 Å². The number of primary amides is 1. The Balaban J connectivity index is 1.81. The molecule has 4 N–H and O–H groups in total. The van der Waals surface area contributed by atoms with Gasteiger partial charge in [-0.25, -0.2) is 14.5 Å². The second-order valence-corrected chi connectivity index (χ2v) is 9.85. The summed E-state index contributed by atoms with van der Waals surface area (Å²) in [5, 5.41) is 17.6. The number of amides is 2. The highest BCUT2D eigenvalue weighted by molar-refractivity contribution is 9.10. The SMILES string of the molecule is NC(=O)CCCC(c1nc2ccccc2s1)n1nc(C(=O)O)c(Br)c1NC(=O)c1ccccc1Cl. The number of rotatable bonds is 9. The molecular formula is C23H19BrClN5O4S. The lowest BCUT2D eigenvalue weighted by Crippen LogP contribution is -2.20. The predicted octanol–water partition coefficient (Wildman–Crippen LogP) is 5.10. The molecule has 0 saturated carbocycles. The molecule has 0 aliphatic heterocycles. The number of thiazole rings is 1. The zero-order valence-electron chi connectivity index (χ0n) is 18.1. The predicted molar refractivity (Wildman–Crippen MR) is 137 cm³/mol. The normalized spacial score (nSPS) is 11.9. The van der Waals surface area contributed by atoms with E-state index in [9.17, 15) is 19.5 Å². The first-order valence-electron chi connectivity index (χ1n) is 10.5. The van der Waals surface area contributed by atoms with Crippen molar-refractivity contribution in [3.63, 3.8) is 0 Å². The number of aromatic nitrogens is 3. The van der Waals surface area contributed by atoms with Crippen LogP contribution in [-0.2, 0) is 4.79 Å². The number of carbonyl (C=O) groups excluding carboxylic acids is 2. The van der Waals surface area contributed by atoms with Gasteiger partial charge in [0, 0.05) is 6.42 Å². The third kappa shape index (κ3) is 5.37. The second kappa shape index (κ2) is 10.5. The average Bonchev–Trinajstić information content (AvgIpc) is 3.38. The van der Waals surface area contributed by atoms with E-state index in [-0.39, 0.29) is 33.0 Å². The Morgan fingerprint density at radius 1 is 1.17 bits per heavy atom. The maximum absolute atomic E-state index is 13.0. The van der Waals surface area contributed by atoms with Crippen LogP contribution in [0.5, 0.6) is 0 Å². The molecule has 9 nitrogen and oxygen atoms in total. The summed E-state index contributed by atoms with van der Waals surface area (Å²) in [6.07, 6.45) is 0.926. The molecule has 12 heteroatoms. The van der Waals surface area contributed by atoms with Crippen LogP contribution in [0.4, 0.5) is 5.82 Å². The lowest BCUT2D eigenvalue weighted by Gasteiger charge is -2.18. The molecule has 180 valence electrons. The molecule has 2 heterocycles. The van der Waals surface area contributed by atoms with Crippen molar-refractivity contribution in [2.24, 2.45) is 5.73 Å². The minimum absolute atomic E-state index is 0.103. The monoisotopic (exact) mass is 575 g/mol. The van der Waals surface area contributed by atoms with E-state index in [2.05, 4.69) is 26.3 Å². The molecule has 0 saturated heterocycles. The van der Waals surface area contributed by atoms with Gasteiger partial charge in [0.15, 0.2) is 5.69 Å². The van der Waals surface area contributed by atoms with Gasteiger partial charge < -0.3 is 16.2 Å². The molecule has 0 bridgehead atoms. The zero-order chi connectivity index (χ0) is 25.1. The number of hydrogen-bond donors (Lipinski definition) is 3. The fourth-order valence-electron chi connectivity index (χ4n) is 3.56. The summed E-state index contributed by atoms with van der Waals surface area (Å²) in [5.41, 5.74) is 6.05. The van der Waals surface area contributed by atoms with Gasteiger partial charge in [-0.1, -0.05) is 35.9 Å². The van der Waals surface area contributed by atoms with Crippen LogP contribution in [-0.4, -0.2) is 37.7 Å². The standard InChI is InChI=1S/C23H19BrClN5O4S/c24-18-19(23(33)34)29-30(20(18)28-21(32)12-6-1-2-7-13(12)25)15(9-5-11-17(26)31)22-27-14-8-3-4-10-16(14)35-22/h1-4,6-8,10,15H,5,9,11H2,(H2,26,31)(H,28,32)(H,33,34). The molecule has 1 atom stereocenters. The number of nitrogens with one attached hydrogen (secondary N) is 1. The van der Waals surface area contributed by atoms with E-state index in [4.69, 9.17) is 22.3 Å². The molecule has 4 rings (SSSR count). The Bertz CT molecular complexity index is 1400. The minimum atomic E-state index is -1.27. The van der Waals surface area contributed by atoms with Crippen molar-refractivity contribution in [2.45, 2.75) is 25.3 Å². The highest BCUT2D eigenvalue weighted by Crippen LogP contribution is 2.37. The van der Waals surface area contributed by atoms with Crippen molar-refractivity contribution >= 4 is 72.7 Å².